The molecule has 0 spiro atoms. The lowest BCUT2D eigenvalue weighted by atomic mass is 10.1. The van der Waals surface area contributed by atoms with Crippen LogP contribution in [0.4, 0.5) is 10.5 Å². The largest absolute Gasteiger partial charge is 0.351 e. The number of primary amides is 1. The van der Waals surface area contributed by atoms with E-state index in [4.69, 9.17) is 17.3 Å². The Morgan fingerprint density at radius 2 is 2.06 bits per heavy atom. The first-order valence-corrected chi connectivity index (χ1v) is 4.34. The van der Waals surface area contributed by atoms with E-state index < -0.39 is 22.5 Å². The zero-order valence-electron chi connectivity index (χ0n) is 7.77. The minimum absolute atomic E-state index is 0.113. The fourth-order valence-electron chi connectivity index (χ4n) is 1.03. The van der Waals surface area contributed by atoms with Gasteiger partial charge in [-0.05, 0) is 12.1 Å². The number of carbonyl (C=O) groups excluding carboxylic acids is 2. The predicted octanol–water partition coefficient (Wildman–Crippen LogP) is 1.06. The van der Waals surface area contributed by atoms with Gasteiger partial charge in [-0.1, -0.05) is 11.6 Å². The molecule has 0 aliphatic heterocycles. The molecule has 7 nitrogen and oxygen atoms in total. The van der Waals surface area contributed by atoms with Crippen molar-refractivity contribution in [2.75, 3.05) is 0 Å². The van der Waals surface area contributed by atoms with E-state index in [0.29, 0.717) is 0 Å². The van der Waals surface area contributed by atoms with Gasteiger partial charge in [-0.2, -0.15) is 0 Å². The molecule has 3 N–H and O–H groups in total. The molecule has 0 saturated heterocycles. The van der Waals surface area contributed by atoms with Gasteiger partial charge in [-0.15, -0.1) is 0 Å². The van der Waals surface area contributed by atoms with Gasteiger partial charge >= 0.3 is 6.03 Å². The lowest BCUT2D eigenvalue weighted by molar-refractivity contribution is -0.385. The van der Waals surface area contributed by atoms with E-state index in [1.165, 1.54) is 6.07 Å². The van der Waals surface area contributed by atoms with Crippen LogP contribution in [0.3, 0.4) is 0 Å². The van der Waals surface area contributed by atoms with Crippen molar-refractivity contribution in [2.45, 2.75) is 0 Å². The number of amides is 3. The summed E-state index contributed by atoms with van der Waals surface area (Å²) >= 11 is 5.54. The van der Waals surface area contributed by atoms with Crippen molar-refractivity contribution >= 4 is 29.2 Å². The van der Waals surface area contributed by atoms with Crippen molar-refractivity contribution in [1.82, 2.24) is 5.32 Å². The van der Waals surface area contributed by atoms with Crippen molar-refractivity contribution in [1.29, 1.82) is 0 Å². The lowest BCUT2D eigenvalue weighted by Crippen LogP contribution is -2.35. The van der Waals surface area contributed by atoms with Crippen LogP contribution in [0, 0.1) is 10.1 Å². The molecule has 8 heteroatoms. The Morgan fingerprint density at radius 3 is 2.56 bits per heavy atom. The van der Waals surface area contributed by atoms with Gasteiger partial charge in [-0.25, -0.2) is 4.79 Å². The number of carbonyl (C=O) groups is 2. The molecule has 0 aliphatic rings. The molecule has 0 saturated carbocycles. The molecule has 16 heavy (non-hydrogen) atoms. The summed E-state index contributed by atoms with van der Waals surface area (Å²) in [6.07, 6.45) is 0. The van der Waals surface area contributed by atoms with Crippen molar-refractivity contribution in [3.8, 4) is 0 Å². The first-order chi connectivity index (χ1) is 7.41. The number of urea groups is 1. The van der Waals surface area contributed by atoms with Crippen LogP contribution in [0.2, 0.25) is 5.02 Å². The van der Waals surface area contributed by atoms with Gasteiger partial charge in [0.2, 0.25) is 0 Å². The number of halogens is 1. The second kappa shape index (κ2) is 4.58. The maximum atomic E-state index is 11.3. The number of nitrogens with one attached hydrogen (secondary N) is 1. The number of nitrogens with two attached hydrogens (primary N) is 1. The summed E-state index contributed by atoms with van der Waals surface area (Å²) < 4.78 is 0. The Kier molecular flexibility index (Phi) is 3.41. The summed E-state index contributed by atoms with van der Waals surface area (Å²) in [6.45, 7) is 0. The lowest BCUT2D eigenvalue weighted by Gasteiger charge is -2.02. The second-order valence-corrected chi connectivity index (χ2v) is 3.17. The monoisotopic (exact) mass is 243 g/mol. The number of rotatable bonds is 2. The van der Waals surface area contributed by atoms with Crippen molar-refractivity contribution in [2.24, 2.45) is 5.73 Å². The molecule has 3 amide bonds. The molecule has 0 bridgehead atoms. The van der Waals surface area contributed by atoms with E-state index in [9.17, 15) is 19.7 Å². The Hall–Kier alpha value is -2.15. The third kappa shape index (κ3) is 2.67. The molecule has 1 aromatic rings. The minimum Gasteiger partial charge on any atom is -0.351 e. The smallest absolute Gasteiger partial charge is 0.319 e. The molecule has 1 aromatic carbocycles. The van der Waals surface area contributed by atoms with Gasteiger partial charge in [0.25, 0.3) is 11.6 Å². The van der Waals surface area contributed by atoms with Crippen LogP contribution in [-0.2, 0) is 0 Å². The molecular formula is C8H6ClN3O4. The van der Waals surface area contributed by atoms with Crippen LogP contribution < -0.4 is 11.1 Å². The van der Waals surface area contributed by atoms with E-state index in [1.807, 2.05) is 0 Å². The molecule has 1 rings (SSSR count). The fourth-order valence-corrected chi connectivity index (χ4v) is 1.19. The molecule has 0 aliphatic carbocycles. The third-order valence-electron chi connectivity index (χ3n) is 1.64. The number of hydrogen-bond donors (Lipinski definition) is 2. The van der Waals surface area contributed by atoms with Crippen LogP contribution >= 0.6 is 11.6 Å². The van der Waals surface area contributed by atoms with Crippen molar-refractivity contribution in [3.63, 3.8) is 0 Å². The van der Waals surface area contributed by atoms with E-state index in [2.05, 4.69) is 0 Å². The average molecular weight is 244 g/mol. The molecule has 0 unspecified atom stereocenters. The Morgan fingerprint density at radius 1 is 1.44 bits per heavy atom. The highest BCUT2D eigenvalue weighted by Gasteiger charge is 2.21. The highest BCUT2D eigenvalue weighted by molar-refractivity contribution is 6.31. The number of nitro benzene ring substituents is 1. The summed E-state index contributed by atoms with van der Waals surface area (Å²) in [5.74, 6) is -0.948. The number of hydrogen-bond acceptors (Lipinski definition) is 4. The first-order valence-electron chi connectivity index (χ1n) is 3.96. The summed E-state index contributed by atoms with van der Waals surface area (Å²) in [6, 6.07) is 2.36. The van der Waals surface area contributed by atoms with Crippen LogP contribution in [0.1, 0.15) is 10.4 Å². The highest BCUT2D eigenvalue weighted by Crippen LogP contribution is 2.22. The number of imide groups is 1. The Balaban J connectivity index is 3.17. The SMILES string of the molecule is NC(=O)NC(=O)c1ccc(Cl)cc1[N+](=O)[O-]. The van der Waals surface area contributed by atoms with Crippen LogP contribution in [0.15, 0.2) is 18.2 Å². The zero-order chi connectivity index (χ0) is 12.3. The average Bonchev–Trinajstić information content (AvgIpc) is 2.16. The van der Waals surface area contributed by atoms with Crippen molar-refractivity contribution in [3.05, 3.63) is 38.9 Å². The summed E-state index contributed by atoms with van der Waals surface area (Å²) in [5.41, 5.74) is 3.94. The van der Waals surface area contributed by atoms with E-state index in [1.54, 1.807) is 5.32 Å². The topological polar surface area (TPSA) is 115 Å². The van der Waals surface area contributed by atoms with Gasteiger partial charge < -0.3 is 5.73 Å². The molecule has 84 valence electrons. The van der Waals surface area contributed by atoms with Crippen LogP contribution in [0.5, 0.6) is 0 Å². The summed E-state index contributed by atoms with van der Waals surface area (Å²) in [5, 5.41) is 12.5. The third-order valence-corrected chi connectivity index (χ3v) is 1.87. The van der Waals surface area contributed by atoms with Crippen LogP contribution in [0.25, 0.3) is 0 Å². The molecule has 0 atom stereocenters. The number of nitrogens with zero attached hydrogens (tertiary/aromatic N) is 1. The highest BCUT2D eigenvalue weighted by atomic mass is 35.5. The van der Waals surface area contributed by atoms with E-state index in [-0.39, 0.29) is 10.6 Å². The standard InChI is InChI=1S/C8H6ClN3O4/c9-4-1-2-5(6(3-4)12(15)16)7(13)11-8(10)14/h1-3H,(H3,10,11,13,14). The van der Waals surface area contributed by atoms with Gasteiger partial charge in [-0.3, -0.25) is 20.2 Å². The molecular weight excluding hydrogens is 238 g/mol. The van der Waals surface area contributed by atoms with E-state index in [0.717, 1.165) is 12.1 Å². The molecule has 0 fully saturated rings. The van der Waals surface area contributed by atoms with Crippen LogP contribution in [-0.4, -0.2) is 16.9 Å². The summed E-state index contributed by atoms with van der Waals surface area (Å²) in [7, 11) is 0. The second-order valence-electron chi connectivity index (χ2n) is 2.74. The first kappa shape index (κ1) is 11.9. The Bertz CT molecular complexity index is 474. The Labute approximate surface area is 94.3 Å². The van der Waals surface area contributed by atoms with Gasteiger partial charge in [0.15, 0.2) is 0 Å². The maximum absolute atomic E-state index is 11.3. The predicted molar refractivity (Wildman–Crippen MR) is 55.2 cm³/mol. The molecule has 0 radical (unpaired) electrons. The molecule has 0 aromatic heterocycles. The minimum atomic E-state index is -1.09. The van der Waals surface area contributed by atoms with Gasteiger partial charge in [0.05, 0.1) is 4.92 Å². The van der Waals surface area contributed by atoms with Gasteiger partial charge in [0, 0.05) is 11.1 Å². The van der Waals surface area contributed by atoms with Gasteiger partial charge in [0.1, 0.15) is 5.56 Å². The zero-order valence-corrected chi connectivity index (χ0v) is 8.52. The quantitative estimate of drug-likeness (QED) is 0.597. The summed E-state index contributed by atoms with van der Waals surface area (Å²) in [4.78, 5) is 31.6. The normalized spacial score (nSPS) is 9.56. The van der Waals surface area contributed by atoms with Crippen molar-refractivity contribution < 1.29 is 14.5 Å². The number of benzene rings is 1. The molecule has 0 heterocycles. The fraction of sp³-hybridized carbons (Fsp3) is 0. The van der Waals surface area contributed by atoms with E-state index >= 15 is 0 Å². The maximum Gasteiger partial charge on any atom is 0.319 e. The number of nitro groups is 1.